The zero-order valence-corrected chi connectivity index (χ0v) is 8.21. The van der Waals surface area contributed by atoms with Crippen LogP contribution in [0.15, 0.2) is 53.6 Å². The summed E-state index contributed by atoms with van der Waals surface area (Å²) in [6.45, 7) is 0. The first-order valence-corrected chi connectivity index (χ1v) is 4.87. The highest BCUT2D eigenvalue weighted by atomic mass is 19.1. The summed E-state index contributed by atoms with van der Waals surface area (Å²) in [5.74, 6) is -0.581. The quantitative estimate of drug-likeness (QED) is 0.686. The molecule has 0 atom stereocenters. The molecule has 1 radical (unpaired) electrons. The maximum atomic E-state index is 13.3. The summed E-state index contributed by atoms with van der Waals surface area (Å²) in [5, 5.41) is 0. The molecular weight excluding hydrogens is 194 g/mol. The molecule has 0 aliphatic heterocycles. The van der Waals surface area contributed by atoms with E-state index in [1.165, 1.54) is 12.5 Å². The molecule has 0 saturated carbocycles. The largest absolute Gasteiger partial charge is 0.212 e. The van der Waals surface area contributed by atoms with Crippen molar-refractivity contribution in [3.05, 3.63) is 65.6 Å². The lowest BCUT2D eigenvalue weighted by Gasteiger charge is -2.10. The van der Waals surface area contributed by atoms with Gasteiger partial charge in [0.1, 0.15) is 11.7 Å². The summed E-state index contributed by atoms with van der Waals surface area (Å²) in [6, 6.07) is 9.49. The molecule has 1 aliphatic carbocycles. The Kier molecular flexibility index (Phi) is 2.95. The Bertz CT molecular complexity index is 402. The van der Waals surface area contributed by atoms with Gasteiger partial charge in [0.15, 0.2) is 0 Å². The minimum Gasteiger partial charge on any atom is -0.212 e. The lowest BCUT2D eigenvalue weighted by molar-refractivity contribution is 0.565. The van der Waals surface area contributed by atoms with E-state index < -0.39 is 0 Å². The van der Waals surface area contributed by atoms with Gasteiger partial charge in [-0.25, -0.2) is 8.78 Å². The van der Waals surface area contributed by atoms with Crippen molar-refractivity contribution in [3.63, 3.8) is 0 Å². The van der Waals surface area contributed by atoms with E-state index in [9.17, 15) is 8.78 Å². The van der Waals surface area contributed by atoms with Crippen molar-refractivity contribution in [2.75, 3.05) is 0 Å². The second-order valence-corrected chi connectivity index (χ2v) is 3.54. The molecule has 0 nitrogen and oxygen atoms in total. The summed E-state index contributed by atoms with van der Waals surface area (Å²) < 4.78 is 26.3. The van der Waals surface area contributed by atoms with Gasteiger partial charge in [0.25, 0.3) is 0 Å². The van der Waals surface area contributed by atoms with Gasteiger partial charge >= 0.3 is 0 Å². The van der Waals surface area contributed by atoms with Crippen LogP contribution in [0, 0.1) is 6.42 Å². The molecule has 0 bridgehead atoms. The lowest BCUT2D eigenvalue weighted by Crippen LogP contribution is -1.98. The Labute approximate surface area is 87.9 Å². The molecule has 0 aromatic heterocycles. The predicted molar refractivity (Wildman–Crippen MR) is 56.4 cm³/mol. The monoisotopic (exact) mass is 205 g/mol. The normalized spacial score (nSPS) is 16.5. The Morgan fingerprint density at radius 3 is 2.53 bits per heavy atom. The van der Waals surface area contributed by atoms with E-state index >= 15 is 0 Å². The van der Waals surface area contributed by atoms with Gasteiger partial charge in [-0.15, -0.1) is 0 Å². The number of halogens is 2. The van der Waals surface area contributed by atoms with E-state index in [1.807, 2.05) is 30.3 Å². The average Bonchev–Trinajstić information content (AvgIpc) is 2.25. The Morgan fingerprint density at radius 1 is 1.07 bits per heavy atom. The predicted octanol–water partition coefficient (Wildman–Crippen LogP) is 3.91. The Hall–Kier alpha value is -1.44. The topological polar surface area (TPSA) is 0 Å². The molecule has 0 amide bonds. The first kappa shape index (κ1) is 10.1. The SMILES string of the molecule is FC1=CC(Cc2ccccc2)=C(F)[CH]C1. The van der Waals surface area contributed by atoms with E-state index in [1.54, 1.807) is 0 Å². The highest BCUT2D eigenvalue weighted by Gasteiger charge is 2.13. The molecular formula is C13H11F2. The third-order valence-corrected chi connectivity index (χ3v) is 2.35. The minimum absolute atomic E-state index is 0.0735. The molecule has 0 unspecified atom stereocenters. The first-order chi connectivity index (χ1) is 7.25. The molecule has 15 heavy (non-hydrogen) atoms. The molecule has 2 heteroatoms. The van der Waals surface area contributed by atoms with Crippen LogP contribution >= 0.6 is 0 Å². The fourth-order valence-corrected chi connectivity index (χ4v) is 1.59. The van der Waals surface area contributed by atoms with Gasteiger partial charge in [0.05, 0.1) is 0 Å². The maximum absolute atomic E-state index is 13.3. The van der Waals surface area contributed by atoms with Crippen molar-refractivity contribution >= 4 is 0 Å². The van der Waals surface area contributed by atoms with Crippen LogP contribution in [0.4, 0.5) is 8.78 Å². The van der Waals surface area contributed by atoms with E-state index in [2.05, 4.69) is 0 Å². The second kappa shape index (κ2) is 4.39. The lowest BCUT2D eigenvalue weighted by atomic mass is 9.98. The number of hydrogen-bond donors (Lipinski definition) is 0. The van der Waals surface area contributed by atoms with Gasteiger partial charge in [0.2, 0.25) is 0 Å². The van der Waals surface area contributed by atoms with Gasteiger partial charge in [-0.2, -0.15) is 0 Å². The van der Waals surface area contributed by atoms with Gasteiger partial charge in [-0.3, -0.25) is 0 Å². The van der Waals surface area contributed by atoms with Crippen LogP contribution < -0.4 is 0 Å². The van der Waals surface area contributed by atoms with Gasteiger partial charge in [-0.1, -0.05) is 30.3 Å². The number of benzene rings is 1. The van der Waals surface area contributed by atoms with Crippen LogP contribution in [0.3, 0.4) is 0 Å². The van der Waals surface area contributed by atoms with E-state index in [4.69, 9.17) is 0 Å². The first-order valence-electron chi connectivity index (χ1n) is 4.87. The summed E-state index contributed by atoms with van der Waals surface area (Å²) in [7, 11) is 0. The van der Waals surface area contributed by atoms with E-state index in [-0.39, 0.29) is 18.1 Å². The number of rotatable bonds is 2. The average molecular weight is 205 g/mol. The van der Waals surface area contributed by atoms with Crippen LogP contribution in [0.25, 0.3) is 0 Å². The van der Waals surface area contributed by atoms with Gasteiger partial charge in [-0.05, 0) is 17.2 Å². The van der Waals surface area contributed by atoms with Crippen LogP contribution in [0.5, 0.6) is 0 Å². The Morgan fingerprint density at radius 2 is 1.80 bits per heavy atom. The third kappa shape index (κ3) is 2.52. The molecule has 0 saturated heterocycles. The zero-order valence-electron chi connectivity index (χ0n) is 8.21. The van der Waals surface area contributed by atoms with Crippen LogP contribution in [0.2, 0.25) is 0 Å². The second-order valence-electron chi connectivity index (χ2n) is 3.54. The van der Waals surface area contributed by atoms with Crippen molar-refractivity contribution in [3.8, 4) is 0 Å². The fourth-order valence-electron chi connectivity index (χ4n) is 1.59. The standard InChI is InChI=1S/C13H11F2/c14-12-6-7-13(15)11(9-12)8-10-4-2-1-3-5-10/h1-5,7,9H,6,8H2. The molecule has 0 N–H and O–H groups in total. The van der Waals surface area contributed by atoms with Crippen LogP contribution in [-0.2, 0) is 6.42 Å². The molecule has 1 aromatic carbocycles. The summed E-state index contributed by atoms with van der Waals surface area (Å²) >= 11 is 0. The Balaban J connectivity index is 2.19. The summed E-state index contributed by atoms with van der Waals surface area (Å²) in [5.41, 5.74) is 1.41. The minimum atomic E-state index is -0.305. The van der Waals surface area contributed by atoms with E-state index in [0.29, 0.717) is 12.0 Å². The molecule has 1 aromatic rings. The van der Waals surface area contributed by atoms with Crippen LogP contribution in [0.1, 0.15) is 12.0 Å². The number of allylic oxidation sites excluding steroid dienone is 4. The van der Waals surface area contributed by atoms with E-state index in [0.717, 1.165) is 5.56 Å². The molecule has 1 aliphatic rings. The molecule has 0 heterocycles. The third-order valence-electron chi connectivity index (χ3n) is 2.35. The van der Waals surface area contributed by atoms with Crippen molar-refractivity contribution in [2.45, 2.75) is 12.8 Å². The van der Waals surface area contributed by atoms with Crippen molar-refractivity contribution in [2.24, 2.45) is 0 Å². The van der Waals surface area contributed by atoms with Crippen LogP contribution in [-0.4, -0.2) is 0 Å². The highest BCUT2D eigenvalue weighted by molar-refractivity contribution is 5.37. The molecule has 77 valence electrons. The fraction of sp³-hybridized carbons (Fsp3) is 0.154. The smallest absolute Gasteiger partial charge is 0.108 e. The molecule has 0 fully saturated rings. The molecule has 0 spiro atoms. The highest BCUT2D eigenvalue weighted by Crippen LogP contribution is 2.26. The maximum Gasteiger partial charge on any atom is 0.108 e. The van der Waals surface area contributed by atoms with Crippen molar-refractivity contribution in [1.82, 2.24) is 0 Å². The molecule has 2 rings (SSSR count). The zero-order chi connectivity index (χ0) is 10.7. The van der Waals surface area contributed by atoms with Gasteiger partial charge in [0, 0.05) is 19.3 Å². The number of hydrogen-bond acceptors (Lipinski definition) is 0. The van der Waals surface area contributed by atoms with Gasteiger partial charge < -0.3 is 0 Å². The summed E-state index contributed by atoms with van der Waals surface area (Å²) in [6.07, 6.45) is 3.09. The van der Waals surface area contributed by atoms with Crippen molar-refractivity contribution in [1.29, 1.82) is 0 Å². The van der Waals surface area contributed by atoms with Crippen molar-refractivity contribution < 1.29 is 8.78 Å². The summed E-state index contributed by atoms with van der Waals surface area (Å²) in [4.78, 5) is 0.